The second-order valence-electron chi connectivity index (χ2n) is 11.7. The Labute approximate surface area is 188 Å². The summed E-state index contributed by atoms with van der Waals surface area (Å²) in [6.45, 7) is 13.7. The van der Waals surface area contributed by atoms with Gasteiger partial charge in [-0.2, -0.15) is 0 Å². The van der Waals surface area contributed by atoms with E-state index in [1.54, 1.807) is 0 Å². The molecule has 5 unspecified atom stereocenters. The van der Waals surface area contributed by atoms with Gasteiger partial charge < -0.3 is 9.84 Å². The van der Waals surface area contributed by atoms with E-state index in [1.807, 2.05) is 6.92 Å². The first-order valence-corrected chi connectivity index (χ1v) is 12.7. The minimum absolute atomic E-state index is 0.0880. The van der Waals surface area contributed by atoms with E-state index < -0.39 is 0 Å². The Kier molecular flexibility index (Phi) is 6.17. The Hall–Kier alpha value is -1.16. The summed E-state index contributed by atoms with van der Waals surface area (Å²) in [6, 6.07) is 0. The minimum Gasteiger partial charge on any atom is -0.466 e. The van der Waals surface area contributed by atoms with E-state index in [0.717, 1.165) is 44.1 Å². The molecule has 0 spiro atoms. The lowest BCUT2D eigenvalue weighted by Gasteiger charge is -2.60. The van der Waals surface area contributed by atoms with Gasteiger partial charge >= 0.3 is 5.97 Å². The van der Waals surface area contributed by atoms with E-state index in [0.29, 0.717) is 48.9 Å². The standard InChI is InChI=1S/C27H42O4/c1-6-31-23(29)10-7-16(2)19-8-9-20-24-21(12-14-26(19,20)4)27(5)13-11-18(28)15-22(27)17(3)25(24)30/h16,18-22,24,28H,3,6-15H2,1-2,4-5H3/t16-,18-,19?,20?,21?,22?,24?,26-,27-/m1/s1. The third-order valence-electron chi connectivity index (χ3n) is 10.3. The number of rotatable bonds is 5. The number of allylic oxidation sites excluding steroid dienone is 1. The lowest BCUT2D eigenvalue weighted by atomic mass is 9.43. The van der Waals surface area contributed by atoms with E-state index in [1.165, 1.54) is 6.42 Å². The molecular formula is C27H42O4. The molecule has 0 aromatic heterocycles. The van der Waals surface area contributed by atoms with Crippen molar-refractivity contribution in [2.75, 3.05) is 6.61 Å². The quantitative estimate of drug-likeness (QED) is 0.473. The van der Waals surface area contributed by atoms with Crippen LogP contribution in [-0.4, -0.2) is 29.6 Å². The van der Waals surface area contributed by atoms with Crippen LogP contribution >= 0.6 is 0 Å². The summed E-state index contributed by atoms with van der Waals surface area (Å²) in [7, 11) is 0. The van der Waals surface area contributed by atoms with Crippen molar-refractivity contribution >= 4 is 11.8 Å². The van der Waals surface area contributed by atoms with Gasteiger partial charge in [-0.25, -0.2) is 0 Å². The Morgan fingerprint density at radius 2 is 1.84 bits per heavy atom. The van der Waals surface area contributed by atoms with Gasteiger partial charge in [0, 0.05) is 12.3 Å². The van der Waals surface area contributed by atoms with Gasteiger partial charge in [-0.05, 0) is 104 Å². The molecule has 174 valence electrons. The summed E-state index contributed by atoms with van der Waals surface area (Å²) in [6.07, 6.45) is 8.22. The van der Waals surface area contributed by atoms with Crippen molar-refractivity contribution in [2.24, 2.45) is 46.3 Å². The average Bonchev–Trinajstić information content (AvgIpc) is 3.08. The molecule has 0 bridgehead atoms. The number of hydrogen-bond acceptors (Lipinski definition) is 4. The molecule has 4 fully saturated rings. The zero-order chi connectivity index (χ0) is 22.6. The molecular weight excluding hydrogens is 388 g/mol. The zero-order valence-electron chi connectivity index (χ0n) is 20.0. The number of esters is 1. The molecule has 4 saturated carbocycles. The maximum absolute atomic E-state index is 13.7. The molecule has 0 amide bonds. The Balaban J connectivity index is 1.54. The van der Waals surface area contributed by atoms with E-state index >= 15 is 0 Å². The number of aliphatic hydroxyl groups is 1. The number of hydrogen-bond donors (Lipinski definition) is 1. The molecule has 4 aliphatic rings. The van der Waals surface area contributed by atoms with Crippen LogP contribution in [0.1, 0.15) is 85.5 Å². The fourth-order valence-electron chi connectivity index (χ4n) is 8.68. The monoisotopic (exact) mass is 430 g/mol. The predicted molar refractivity (Wildman–Crippen MR) is 121 cm³/mol. The lowest BCUT2D eigenvalue weighted by molar-refractivity contribution is -0.150. The molecule has 1 N–H and O–H groups in total. The summed E-state index contributed by atoms with van der Waals surface area (Å²) in [5.41, 5.74) is 1.07. The number of carbonyl (C=O) groups excluding carboxylic acids is 2. The molecule has 0 saturated heterocycles. The van der Waals surface area contributed by atoms with Gasteiger partial charge in [0.05, 0.1) is 12.7 Å². The highest BCUT2D eigenvalue weighted by Crippen LogP contribution is 2.68. The van der Waals surface area contributed by atoms with Crippen LogP contribution < -0.4 is 0 Å². The van der Waals surface area contributed by atoms with Crippen molar-refractivity contribution in [3.05, 3.63) is 12.2 Å². The number of Topliss-reactive ketones (excluding diaryl/α,β-unsaturated/α-hetero) is 1. The second kappa shape index (κ2) is 8.32. The van der Waals surface area contributed by atoms with Crippen LogP contribution in [0.5, 0.6) is 0 Å². The third kappa shape index (κ3) is 3.61. The van der Waals surface area contributed by atoms with E-state index in [9.17, 15) is 14.7 Å². The maximum atomic E-state index is 13.7. The maximum Gasteiger partial charge on any atom is 0.305 e. The molecule has 0 aromatic carbocycles. The Morgan fingerprint density at radius 3 is 2.55 bits per heavy atom. The highest BCUT2D eigenvalue weighted by Gasteiger charge is 2.63. The Morgan fingerprint density at radius 1 is 1.16 bits per heavy atom. The van der Waals surface area contributed by atoms with Crippen molar-refractivity contribution in [1.29, 1.82) is 0 Å². The van der Waals surface area contributed by atoms with Crippen LogP contribution in [-0.2, 0) is 14.3 Å². The first-order chi connectivity index (χ1) is 14.6. The topological polar surface area (TPSA) is 63.6 Å². The number of aliphatic hydroxyl groups excluding tert-OH is 1. The summed E-state index contributed by atoms with van der Waals surface area (Å²) in [5.74, 6) is 2.34. The summed E-state index contributed by atoms with van der Waals surface area (Å²) in [4.78, 5) is 25.6. The SMILES string of the molecule is C=C1C(=O)C2C(CC[C@@]3(C)C2CCC3[C@H](C)CCC(=O)OCC)[C@@]2(C)CC[C@@H](O)CC12. The number of ether oxygens (including phenoxy) is 1. The summed E-state index contributed by atoms with van der Waals surface area (Å²) >= 11 is 0. The molecule has 31 heavy (non-hydrogen) atoms. The van der Waals surface area contributed by atoms with Crippen LogP contribution in [0.2, 0.25) is 0 Å². The molecule has 0 heterocycles. The second-order valence-corrected chi connectivity index (χ2v) is 11.7. The van der Waals surface area contributed by atoms with Crippen LogP contribution in [0.25, 0.3) is 0 Å². The molecule has 4 nitrogen and oxygen atoms in total. The van der Waals surface area contributed by atoms with E-state index in [-0.39, 0.29) is 34.7 Å². The van der Waals surface area contributed by atoms with Crippen molar-refractivity contribution < 1.29 is 19.4 Å². The molecule has 4 rings (SSSR count). The van der Waals surface area contributed by atoms with Gasteiger partial charge in [-0.1, -0.05) is 27.4 Å². The fourth-order valence-corrected chi connectivity index (χ4v) is 8.68. The first kappa shape index (κ1) is 23.0. The first-order valence-electron chi connectivity index (χ1n) is 12.7. The lowest BCUT2D eigenvalue weighted by Crippen LogP contribution is -2.58. The zero-order valence-corrected chi connectivity index (χ0v) is 20.0. The van der Waals surface area contributed by atoms with Gasteiger partial charge in [0.15, 0.2) is 5.78 Å². The summed E-state index contributed by atoms with van der Waals surface area (Å²) < 4.78 is 5.14. The highest BCUT2D eigenvalue weighted by atomic mass is 16.5. The van der Waals surface area contributed by atoms with Gasteiger partial charge in [-0.15, -0.1) is 0 Å². The van der Waals surface area contributed by atoms with Crippen molar-refractivity contribution in [2.45, 2.75) is 91.6 Å². The van der Waals surface area contributed by atoms with Crippen LogP contribution in [0.3, 0.4) is 0 Å². The van der Waals surface area contributed by atoms with Crippen LogP contribution in [0.15, 0.2) is 12.2 Å². The van der Waals surface area contributed by atoms with E-state index in [2.05, 4.69) is 27.4 Å². The third-order valence-corrected chi connectivity index (χ3v) is 10.3. The van der Waals surface area contributed by atoms with Gasteiger partial charge in [0.1, 0.15) is 0 Å². The summed E-state index contributed by atoms with van der Waals surface area (Å²) in [5, 5.41) is 10.3. The molecule has 4 aliphatic carbocycles. The van der Waals surface area contributed by atoms with Crippen molar-refractivity contribution in [3.8, 4) is 0 Å². The molecule has 4 heteroatoms. The van der Waals surface area contributed by atoms with Gasteiger partial charge in [-0.3, -0.25) is 9.59 Å². The normalized spacial score (nSPS) is 45.5. The minimum atomic E-state index is -0.288. The highest BCUT2D eigenvalue weighted by molar-refractivity contribution is 5.99. The average molecular weight is 431 g/mol. The van der Waals surface area contributed by atoms with Gasteiger partial charge in [0.2, 0.25) is 0 Å². The smallest absolute Gasteiger partial charge is 0.305 e. The van der Waals surface area contributed by atoms with Crippen LogP contribution in [0, 0.1) is 46.3 Å². The van der Waals surface area contributed by atoms with Crippen molar-refractivity contribution in [3.63, 3.8) is 0 Å². The van der Waals surface area contributed by atoms with Crippen LogP contribution in [0.4, 0.5) is 0 Å². The predicted octanol–water partition coefficient (Wildman–Crippen LogP) is 5.33. The fraction of sp³-hybridized carbons (Fsp3) is 0.852. The number of fused-ring (bicyclic) bond motifs is 5. The Bertz CT molecular complexity index is 744. The largest absolute Gasteiger partial charge is 0.466 e. The molecule has 9 atom stereocenters. The molecule has 0 aromatic rings. The van der Waals surface area contributed by atoms with E-state index in [4.69, 9.17) is 4.74 Å². The number of carbonyl (C=O) groups is 2. The van der Waals surface area contributed by atoms with Gasteiger partial charge in [0.25, 0.3) is 0 Å². The molecule has 0 aliphatic heterocycles. The number of ketones is 1. The van der Waals surface area contributed by atoms with Crippen molar-refractivity contribution in [1.82, 2.24) is 0 Å². The molecule has 0 radical (unpaired) electrons.